The normalized spacial score (nSPS) is 11.4. The number of benzene rings is 1. The third kappa shape index (κ3) is 4.63. The second kappa shape index (κ2) is 8.45. The molecule has 2 heterocycles. The number of nitrogens with one attached hydrogen (secondary N) is 2. The summed E-state index contributed by atoms with van der Waals surface area (Å²) in [5.74, 6) is -0.581. The molecule has 1 aromatic carbocycles. The largest absolute Gasteiger partial charge is 0.383 e. The number of methoxy groups -OCH3 is 1. The number of fused-ring (bicyclic) bond motifs is 1. The average Bonchev–Trinajstić information content (AvgIpc) is 3.08. The molecule has 0 aliphatic heterocycles. The van der Waals surface area contributed by atoms with Gasteiger partial charge in [0.15, 0.2) is 5.69 Å². The van der Waals surface area contributed by atoms with E-state index < -0.39 is 0 Å². The molecule has 0 radical (unpaired) electrons. The minimum atomic E-state index is -0.384. The van der Waals surface area contributed by atoms with Crippen molar-refractivity contribution in [2.45, 2.75) is 26.2 Å². The van der Waals surface area contributed by atoms with E-state index in [9.17, 15) is 9.59 Å². The monoisotopic (exact) mass is 394 g/mol. The molecule has 0 aliphatic carbocycles. The molecule has 0 atom stereocenters. The molecule has 0 saturated heterocycles. The maximum Gasteiger partial charge on any atom is 0.292 e. The molecule has 29 heavy (non-hydrogen) atoms. The maximum atomic E-state index is 12.9. The molecule has 0 aliphatic rings. The van der Waals surface area contributed by atoms with Crippen LogP contribution in [-0.4, -0.2) is 41.5 Å². The van der Waals surface area contributed by atoms with Crippen molar-refractivity contribution in [2.24, 2.45) is 0 Å². The summed E-state index contributed by atoms with van der Waals surface area (Å²) >= 11 is 0. The van der Waals surface area contributed by atoms with Crippen LogP contribution in [0, 0.1) is 0 Å². The van der Waals surface area contributed by atoms with Crippen molar-refractivity contribution in [3.8, 4) is 0 Å². The second-order valence-corrected chi connectivity index (χ2v) is 7.77. The first-order valence-electron chi connectivity index (χ1n) is 9.47. The number of ether oxygens (including phenoxy) is 1. The minimum Gasteiger partial charge on any atom is -0.383 e. The Labute approximate surface area is 170 Å². The predicted molar refractivity (Wildman–Crippen MR) is 112 cm³/mol. The first kappa shape index (κ1) is 20.5. The number of imidazole rings is 1. The van der Waals surface area contributed by atoms with Gasteiger partial charge in [-0.2, -0.15) is 0 Å². The van der Waals surface area contributed by atoms with Crippen molar-refractivity contribution < 1.29 is 14.3 Å². The van der Waals surface area contributed by atoms with Crippen molar-refractivity contribution in [1.82, 2.24) is 14.7 Å². The van der Waals surface area contributed by atoms with E-state index in [2.05, 4.69) is 36.4 Å². The lowest BCUT2D eigenvalue weighted by Crippen LogP contribution is -2.27. The number of hydrogen-bond acceptors (Lipinski definition) is 4. The van der Waals surface area contributed by atoms with Gasteiger partial charge in [-0.25, -0.2) is 4.98 Å². The molecule has 0 bridgehead atoms. The van der Waals surface area contributed by atoms with Crippen LogP contribution in [0.25, 0.3) is 5.52 Å². The third-order valence-corrected chi connectivity index (χ3v) is 4.57. The van der Waals surface area contributed by atoms with E-state index in [1.54, 1.807) is 35.9 Å². The number of anilines is 1. The summed E-state index contributed by atoms with van der Waals surface area (Å²) < 4.78 is 6.57. The fraction of sp³-hybridized carbons (Fsp3) is 0.318. The Morgan fingerprint density at radius 3 is 2.45 bits per heavy atom. The summed E-state index contributed by atoms with van der Waals surface area (Å²) in [4.78, 5) is 29.7. The highest BCUT2D eigenvalue weighted by Gasteiger charge is 2.21. The molecule has 7 nitrogen and oxygen atoms in total. The third-order valence-electron chi connectivity index (χ3n) is 4.57. The van der Waals surface area contributed by atoms with E-state index in [1.165, 1.54) is 5.56 Å². The molecule has 7 heteroatoms. The van der Waals surface area contributed by atoms with Crippen LogP contribution < -0.4 is 10.6 Å². The van der Waals surface area contributed by atoms with Gasteiger partial charge < -0.3 is 15.4 Å². The summed E-state index contributed by atoms with van der Waals surface area (Å²) in [5.41, 5.74) is 2.65. The van der Waals surface area contributed by atoms with Crippen LogP contribution in [-0.2, 0) is 10.2 Å². The number of hydrogen-bond donors (Lipinski definition) is 2. The van der Waals surface area contributed by atoms with Crippen LogP contribution in [0.5, 0.6) is 0 Å². The highest BCUT2D eigenvalue weighted by atomic mass is 16.5. The molecule has 2 amide bonds. The van der Waals surface area contributed by atoms with Crippen LogP contribution in [0.2, 0.25) is 0 Å². The lowest BCUT2D eigenvalue weighted by atomic mass is 9.87. The molecule has 3 aromatic rings. The van der Waals surface area contributed by atoms with Crippen molar-refractivity contribution in [1.29, 1.82) is 0 Å². The SMILES string of the molecule is COCCNC(=O)c1nc(C(=O)Nc2ccc(C(C)(C)C)cc2)n2ccccc12. The topological polar surface area (TPSA) is 84.7 Å². The number of pyridine rings is 1. The fourth-order valence-electron chi connectivity index (χ4n) is 2.96. The van der Waals surface area contributed by atoms with Gasteiger partial charge in [0.2, 0.25) is 5.82 Å². The molecule has 152 valence electrons. The highest BCUT2D eigenvalue weighted by molar-refractivity contribution is 6.06. The van der Waals surface area contributed by atoms with Gasteiger partial charge in [-0.1, -0.05) is 39.0 Å². The van der Waals surface area contributed by atoms with Crippen LogP contribution >= 0.6 is 0 Å². The molecular formula is C22H26N4O3. The van der Waals surface area contributed by atoms with Crippen LogP contribution in [0.1, 0.15) is 47.4 Å². The number of amides is 2. The van der Waals surface area contributed by atoms with E-state index in [0.717, 1.165) is 0 Å². The molecule has 0 saturated carbocycles. The molecule has 2 aromatic heterocycles. The lowest BCUT2D eigenvalue weighted by molar-refractivity contribution is 0.0934. The number of carbonyl (C=O) groups excluding carboxylic acids is 2. The molecule has 0 fully saturated rings. The highest BCUT2D eigenvalue weighted by Crippen LogP contribution is 2.24. The molecular weight excluding hydrogens is 368 g/mol. The van der Waals surface area contributed by atoms with Crippen molar-refractivity contribution in [2.75, 3.05) is 25.6 Å². The molecule has 3 rings (SSSR count). The number of nitrogens with zero attached hydrogens (tertiary/aromatic N) is 2. The second-order valence-electron chi connectivity index (χ2n) is 7.77. The summed E-state index contributed by atoms with van der Waals surface area (Å²) in [5, 5.41) is 5.60. The van der Waals surface area contributed by atoms with Gasteiger partial charge in [0.25, 0.3) is 11.8 Å². The van der Waals surface area contributed by atoms with Crippen molar-refractivity contribution in [3.63, 3.8) is 0 Å². The Hall–Kier alpha value is -3.19. The maximum absolute atomic E-state index is 12.9. The fourth-order valence-corrected chi connectivity index (χ4v) is 2.96. The zero-order chi connectivity index (χ0) is 21.0. The Bertz CT molecular complexity index is 1020. The predicted octanol–water partition coefficient (Wildman–Crippen LogP) is 3.26. The summed E-state index contributed by atoms with van der Waals surface area (Å²) in [6.45, 7) is 7.17. The van der Waals surface area contributed by atoms with Gasteiger partial charge in [-0.3, -0.25) is 14.0 Å². The quantitative estimate of drug-likeness (QED) is 0.629. The Kier molecular flexibility index (Phi) is 5.98. The molecule has 0 spiro atoms. The van der Waals surface area contributed by atoms with Crippen LogP contribution in [0.15, 0.2) is 48.7 Å². The van der Waals surface area contributed by atoms with Crippen molar-refractivity contribution >= 4 is 23.0 Å². The minimum absolute atomic E-state index is 0.0346. The first-order chi connectivity index (χ1) is 13.8. The van der Waals surface area contributed by atoms with E-state index in [0.29, 0.717) is 24.4 Å². The molecule has 0 unspecified atom stereocenters. The number of carbonyl (C=O) groups is 2. The van der Waals surface area contributed by atoms with E-state index in [-0.39, 0.29) is 28.7 Å². The Balaban J connectivity index is 1.85. The smallest absolute Gasteiger partial charge is 0.292 e. The van der Waals surface area contributed by atoms with Crippen LogP contribution in [0.4, 0.5) is 5.69 Å². The molecule has 2 N–H and O–H groups in total. The average molecular weight is 394 g/mol. The summed E-state index contributed by atoms with van der Waals surface area (Å²) in [6, 6.07) is 13.1. The van der Waals surface area contributed by atoms with E-state index in [1.807, 2.05) is 24.3 Å². The van der Waals surface area contributed by atoms with Gasteiger partial charge in [0.05, 0.1) is 12.1 Å². The van der Waals surface area contributed by atoms with Crippen molar-refractivity contribution in [3.05, 3.63) is 65.7 Å². The zero-order valence-electron chi connectivity index (χ0n) is 17.2. The summed E-state index contributed by atoms with van der Waals surface area (Å²) in [6.07, 6.45) is 1.71. The zero-order valence-corrected chi connectivity index (χ0v) is 17.2. The van der Waals surface area contributed by atoms with Gasteiger partial charge in [0.1, 0.15) is 0 Å². The van der Waals surface area contributed by atoms with E-state index in [4.69, 9.17) is 4.74 Å². The van der Waals surface area contributed by atoms with E-state index >= 15 is 0 Å². The van der Waals surface area contributed by atoms with Crippen LogP contribution in [0.3, 0.4) is 0 Å². The Morgan fingerprint density at radius 1 is 1.07 bits per heavy atom. The van der Waals surface area contributed by atoms with Gasteiger partial charge in [-0.15, -0.1) is 0 Å². The summed E-state index contributed by atoms with van der Waals surface area (Å²) in [7, 11) is 1.56. The first-order valence-corrected chi connectivity index (χ1v) is 9.47. The van der Waals surface area contributed by atoms with Gasteiger partial charge in [-0.05, 0) is 35.2 Å². The number of rotatable bonds is 6. The standard InChI is InChI=1S/C22H26N4O3/c1-22(2,3)15-8-10-16(11-9-15)24-21(28)19-25-18(20(27)23-12-14-29-4)17-7-5-6-13-26(17)19/h5-11,13H,12,14H2,1-4H3,(H,23,27)(H,24,28). The van der Waals surface area contributed by atoms with Gasteiger partial charge in [0, 0.05) is 25.5 Å². The number of aromatic nitrogens is 2. The Morgan fingerprint density at radius 2 is 1.79 bits per heavy atom. The van der Waals surface area contributed by atoms with Gasteiger partial charge >= 0.3 is 0 Å². The lowest BCUT2D eigenvalue weighted by Gasteiger charge is -2.19.